The quantitative estimate of drug-likeness (QED) is 0.636. The van der Waals surface area contributed by atoms with Gasteiger partial charge in [-0.05, 0) is 41.8 Å². The van der Waals surface area contributed by atoms with Crippen LogP contribution in [0.2, 0.25) is 0 Å². The summed E-state index contributed by atoms with van der Waals surface area (Å²) in [6, 6.07) is 23.1. The maximum Gasteiger partial charge on any atom is 0.0704 e. The highest BCUT2D eigenvalue weighted by molar-refractivity contribution is 5.71. The predicted molar refractivity (Wildman–Crippen MR) is 79.8 cm³/mol. The van der Waals surface area contributed by atoms with Crippen LogP contribution in [0.1, 0.15) is 5.56 Å². The van der Waals surface area contributed by atoms with Gasteiger partial charge in [0, 0.05) is 11.8 Å². The Labute approximate surface area is 113 Å². The molecule has 0 N–H and O–H groups in total. The van der Waals surface area contributed by atoms with Gasteiger partial charge in [-0.25, -0.2) is 0 Å². The number of hydrogen-bond acceptors (Lipinski definition) is 1. The summed E-state index contributed by atoms with van der Waals surface area (Å²) >= 11 is 0. The lowest BCUT2D eigenvalue weighted by atomic mass is 10.0. The number of hydrogen-bond donors (Lipinski definition) is 0. The minimum Gasteiger partial charge on any atom is -0.256 e. The molecule has 0 fully saturated rings. The van der Waals surface area contributed by atoms with E-state index in [0.717, 1.165) is 11.3 Å². The van der Waals surface area contributed by atoms with Gasteiger partial charge >= 0.3 is 0 Å². The van der Waals surface area contributed by atoms with Crippen molar-refractivity contribution in [2.24, 2.45) is 0 Å². The zero-order valence-electron chi connectivity index (χ0n) is 10.9. The van der Waals surface area contributed by atoms with Crippen LogP contribution >= 0.6 is 0 Å². The molecule has 0 unspecified atom stereocenters. The summed E-state index contributed by atoms with van der Waals surface area (Å²) in [4.78, 5) is 4.44. The normalized spacial score (nSPS) is 10.4. The number of rotatable bonds is 2. The molecule has 0 radical (unpaired) electrons. The van der Waals surface area contributed by atoms with Gasteiger partial charge in [0.2, 0.25) is 0 Å². The topological polar surface area (TPSA) is 12.9 Å². The molecule has 0 saturated heterocycles. The molecule has 19 heavy (non-hydrogen) atoms. The molecule has 1 nitrogen and oxygen atoms in total. The maximum absolute atomic E-state index is 4.44. The van der Waals surface area contributed by atoms with E-state index >= 15 is 0 Å². The van der Waals surface area contributed by atoms with E-state index in [1.165, 1.54) is 16.7 Å². The highest BCUT2D eigenvalue weighted by Crippen LogP contribution is 2.25. The van der Waals surface area contributed by atoms with E-state index in [2.05, 4.69) is 66.5 Å². The lowest BCUT2D eigenvalue weighted by Gasteiger charge is -2.06. The predicted octanol–water partition coefficient (Wildman–Crippen LogP) is 4.72. The minimum atomic E-state index is 1.03. The molecule has 0 atom stereocenters. The fourth-order valence-electron chi connectivity index (χ4n) is 2.18. The highest BCUT2D eigenvalue weighted by atomic mass is 14.7. The van der Waals surface area contributed by atoms with E-state index in [0.29, 0.717) is 0 Å². The third-order valence-electron chi connectivity index (χ3n) is 3.18. The molecule has 0 aliphatic heterocycles. The first-order valence-corrected chi connectivity index (χ1v) is 6.41. The van der Waals surface area contributed by atoms with Crippen molar-refractivity contribution in [2.45, 2.75) is 6.92 Å². The molecule has 0 aliphatic rings. The Hall–Kier alpha value is -2.41. The Morgan fingerprint density at radius 1 is 0.684 bits per heavy atom. The molecule has 0 bridgehead atoms. The smallest absolute Gasteiger partial charge is 0.0704 e. The second-order valence-corrected chi connectivity index (χ2v) is 4.67. The number of nitrogens with zero attached hydrogens (tertiary/aromatic N) is 1. The van der Waals surface area contributed by atoms with Crippen molar-refractivity contribution in [1.29, 1.82) is 0 Å². The van der Waals surface area contributed by atoms with Crippen molar-refractivity contribution in [3.05, 3.63) is 78.5 Å². The van der Waals surface area contributed by atoms with Crippen LogP contribution in [-0.4, -0.2) is 4.98 Å². The zero-order chi connectivity index (χ0) is 13.1. The van der Waals surface area contributed by atoms with Crippen LogP contribution in [0.5, 0.6) is 0 Å². The molecule has 0 aliphatic carbocycles. The van der Waals surface area contributed by atoms with Gasteiger partial charge in [0.25, 0.3) is 0 Å². The van der Waals surface area contributed by atoms with Gasteiger partial charge in [-0.2, -0.15) is 0 Å². The standard InChI is InChI=1S/C18H15N/c1-14-10-11-19-18(12-14)17-9-5-8-16(13-17)15-6-3-2-4-7-15/h2-13H,1H3. The lowest BCUT2D eigenvalue weighted by Crippen LogP contribution is -1.85. The molecule has 2 aromatic carbocycles. The SMILES string of the molecule is Cc1ccnc(-c2cccc(-c3ccccc3)c2)c1. The Morgan fingerprint density at radius 2 is 1.42 bits per heavy atom. The first-order valence-electron chi connectivity index (χ1n) is 6.41. The fraction of sp³-hybridized carbons (Fsp3) is 0.0556. The summed E-state index contributed by atoms with van der Waals surface area (Å²) in [5.41, 5.74) is 5.87. The Morgan fingerprint density at radius 3 is 2.21 bits per heavy atom. The summed E-state index contributed by atoms with van der Waals surface area (Å²) in [7, 11) is 0. The van der Waals surface area contributed by atoms with Gasteiger partial charge in [0.05, 0.1) is 5.69 Å². The molecule has 1 aromatic heterocycles. The molecule has 1 heteroatoms. The lowest BCUT2D eigenvalue weighted by molar-refractivity contribution is 1.29. The fourth-order valence-corrected chi connectivity index (χ4v) is 2.18. The largest absolute Gasteiger partial charge is 0.256 e. The maximum atomic E-state index is 4.44. The Balaban J connectivity index is 2.06. The molecule has 0 amide bonds. The van der Waals surface area contributed by atoms with Gasteiger partial charge < -0.3 is 0 Å². The molecular weight excluding hydrogens is 230 g/mol. The number of aromatic nitrogens is 1. The van der Waals surface area contributed by atoms with Crippen molar-refractivity contribution >= 4 is 0 Å². The van der Waals surface area contributed by atoms with E-state index in [-0.39, 0.29) is 0 Å². The first kappa shape index (κ1) is 11.7. The molecule has 3 aromatic rings. The van der Waals surface area contributed by atoms with Crippen LogP contribution in [0, 0.1) is 6.92 Å². The van der Waals surface area contributed by atoms with Gasteiger partial charge in [0.15, 0.2) is 0 Å². The second kappa shape index (κ2) is 5.07. The average molecular weight is 245 g/mol. The summed E-state index contributed by atoms with van der Waals surface area (Å²) in [5.74, 6) is 0. The second-order valence-electron chi connectivity index (χ2n) is 4.67. The van der Waals surface area contributed by atoms with Gasteiger partial charge in [0.1, 0.15) is 0 Å². The van der Waals surface area contributed by atoms with Crippen LogP contribution in [-0.2, 0) is 0 Å². The summed E-state index contributed by atoms with van der Waals surface area (Å²) in [6.45, 7) is 2.09. The summed E-state index contributed by atoms with van der Waals surface area (Å²) < 4.78 is 0. The molecule has 3 rings (SSSR count). The monoisotopic (exact) mass is 245 g/mol. The van der Waals surface area contributed by atoms with Gasteiger partial charge in [-0.15, -0.1) is 0 Å². The highest BCUT2D eigenvalue weighted by Gasteiger charge is 2.02. The van der Waals surface area contributed by atoms with E-state index in [1.807, 2.05) is 18.3 Å². The third kappa shape index (κ3) is 2.55. The third-order valence-corrected chi connectivity index (χ3v) is 3.18. The molecule has 0 saturated carbocycles. The van der Waals surface area contributed by atoms with E-state index < -0.39 is 0 Å². The van der Waals surface area contributed by atoms with Crippen LogP contribution < -0.4 is 0 Å². The van der Waals surface area contributed by atoms with E-state index in [1.54, 1.807) is 0 Å². The van der Waals surface area contributed by atoms with Gasteiger partial charge in [-0.3, -0.25) is 4.98 Å². The number of benzene rings is 2. The Bertz CT molecular complexity index is 687. The van der Waals surface area contributed by atoms with E-state index in [4.69, 9.17) is 0 Å². The van der Waals surface area contributed by atoms with Crippen LogP contribution in [0.25, 0.3) is 22.4 Å². The molecule has 92 valence electrons. The summed E-state index contributed by atoms with van der Waals surface area (Å²) in [5, 5.41) is 0. The first-order chi connectivity index (χ1) is 9.33. The minimum absolute atomic E-state index is 1.03. The summed E-state index contributed by atoms with van der Waals surface area (Å²) in [6.07, 6.45) is 1.86. The van der Waals surface area contributed by atoms with Crippen LogP contribution in [0.3, 0.4) is 0 Å². The van der Waals surface area contributed by atoms with Crippen molar-refractivity contribution in [3.63, 3.8) is 0 Å². The number of aryl methyl sites for hydroxylation is 1. The molecule has 0 spiro atoms. The van der Waals surface area contributed by atoms with Crippen molar-refractivity contribution < 1.29 is 0 Å². The van der Waals surface area contributed by atoms with Gasteiger partial charge in [-0.1, -0.05) is 48.5 Å². The van der Waals surface area contributed by atoms with Crippen molar-refractivity contribution in [2.75, 3.05) is 0 Å². The zero-order valence-corrected chi connectivity index (χ0v) is 10.9. The average Bonchev–Trinajstić information content (AvgIpc) is 2.48. The molecular formula is C18H15N. The van der Waals surface area contributed by atoms with Crippen LogP contribution in [0.15, 0.2) is 72.9 Å². The number of pyridine rings is 1. The van der Waals surface area contributed by atoms with E-state index in [9.17, 15) is 0 Å². The Kier molecular flexibility index (Phi) is 3.11. The van der Waals surface area contributed by atoms with Crippen LogP contribution in [0.4, 0.5) is 0 Å². The van der Waals surface area contributed by atoms with Crippen molar-refractivity contribution in [1.82, 2.24) is 4.98 Å². The van der Waals surface area contributed by atoms with Crippen molar-refractivity contribution in [3.8, 4) is 22.4 Å². The molecule has 1 heterocycles.